The Morgan fingerprint density at radius 3 is 2.67 bits per heavy atom. The van der Waals surface area contributed by atoms with Gasteiger partial charge in [0.05, 0.1) is 13.0 Å². The number of fused-ring (bicyclic) bond motifs is 2. The van der Waals surface area contributed by atoms with E-state index in [1.54, 1.807) is 7.11 Å². The van der Waals surface area contributed by atoms with Crippen LogP contribution in [-0.2, 0) is 14.3 Å². The molecule has 0 N–H and O–H groups in total. The molecule has 0 radical (unpaired) electrons. The molecule has 27 heavy (non-hydrogen) atoms. The molecule has 2 aliphatic heterocycles. The number of benzene rings is 1. The third kappa shape index (κ3) is 4.28. The van der Waals surface area contributed by atoms with Gasteiger partial charge in [0.1, 0.15) is 11.4 Å². The molecule has 1 amide bonds. The third-order valence-corrected chi connectivity index (χ3v) is 5.68. The largest absolute Gasteiger partial charge is 0.497 e. The Hall–Kier alpha value is -2.04. The van der Waals surface area contributed by atoms with Crippen molar-refractivity contribution in [1.29, 1.82) is 0 Å². The molecule has 1 aromatic carbocycles. The summed E-state index contributed by atoms with van der Waals surface area (Å²) >= 11 is 0. The van der Waals surface area contributed by atoms with Crippen molar-refractivity contribution in [3.8, 4) is 5.75 Å². The molecular weight excluding hydrogens is 342 g/mol. The van der Waals surface area contributed by atoms with E-state index in [2.05, 4.69) is 6.92 Å². The Balaban J connectivity index is 1.66. The lowest BCUT2D eigenvalue weighted by Crippen LogP contribution is -2.39. The molecule has 0 aliphatic carbocycles. The molecule has 148 valence electrons. The Morgan fingerprint density at radius 1 is 1.26 bits per heavy atom. The van der Waals surface area contributed by atoms with Crippen molar-refractivity contribution in [2.24, 2.45) is 5.92 Å². The lowest BCUT2D eigenvalue weighted by molar-refractivity contribution is -0.161. The molecule has 3 rings (SSSR count). The van der Waals surface area contributed by atoms with E-state index >= 15 is 0 Å². The van der Waals surface area contributed by atoms with Crippen LogP contribution in [0.1, 0.15) is 64.9 Å². The first-order chi connectivity index (χ1) is 12.7. The van der Waals surface area contributed by atoms with E-state index in [1.807, 2.05) is 49.9 Å². The van der Waals surface area contributed by atoms with E-state index in [4.69, 9.17) is 9.47 Å². The van der Waals surface area contributed by atoms with Gasteiger partial charge in [0.2, 0.25) is 5.91 Å². The van der Waals surface area contributed by atoms with E-state index in [0.717, 1.165) is 30.6 Å². The summed E-state index contributed by atoms with van der Waals surface area (Å²) in [6, 6.07) is 8.05. The number of hydrogen-bond donors (Lipinski definition) is 0. The summed E-state index contributed by atoms with van der Waals surface area (Å²) in [6.45, 7) is 7.72. The molecule has 2 fully saturated rings. The zero-order valence-electron chi connectivity index (χ0n) is 17.0. The Bertz CT molecular complexity index is 709. The van der Waals surface area contributed by atoms with Crippen molar-refractivity contribution < 1.29 is 19.1 Å². The number of esters is 1. The molecule has 0 aromatic heterocycles. The van der Waals surface area contributed by atoms with E-state index < -0.39 is 5.60 Å². The zero-order chi connectivity index (χ0) is 19.8. The number of amides is 1. The van der Waals surface area contributed by atoms with Gasteiger partial charge < -0.3 is 14.4 Å². The van der Waals surface area contributed by atoms with Crippen LogP contribution < -0.4 is 4.74 Å². The summed E-state index contributed by atoms with van der Waals surface area (Å²) in [5.74, 6) is 0.710. The Kier molecular flexibility index (Phi) is 5.50. The summed E-state index contributed by atoms with van der Waals surface area (Å²) in [6.07, 6.45) is 3.07. The SMILES string of the molecule is COc1cccc([C@H](C)CC(=O)N2[C@H]3CC[C@H]2[C@H](C(=O)OC(C)(C)C)C3)c1. The number of methoxy groups -OCH3 is 1. The Morgan fingerprint density at radius 2 is 2.00 bits per heavy atom. The highest BCUT2D eigenvalue weighted by Gasteiger charge is 2.52. The van der Waals surface area contributed by atoms with E-state index in [0.29, 0.717) is 6.42 Å². The smallest absolute Gasteiger partial charge is 0.311 e. The maximum atomic E-state index is 13.0. The monoisotopic (exact) mass is 373 g/mol. The first-order valence-electron chi connectivity index (χ1n) is 9.87. The average molecular weight is 373 g/mol. The topological polar surface area (TPSA) is 55.8 Å². The highest BCUT2D eigenvalue weighted by Crippen LogP contribution is 2.43. The van der Waals surface area contributed by atoms with Crippen LogP contribution in [0.2, 0.25) is 0 Å². The van der Waals surface area contributed by atoms with Crippen LogP contribution in [-0.4, -0.2) is 41.6 Å². The highest BCUT2D eigenvalue weighted by molar-refractivity contribution is 5.82. The first kappa shape index (κ1) is 19.7. The van der Waals surface area contributed by atoms with E-state index in [9.17, 15) is 9.59 Å². The van der Waals surface area contributed by atoms with Gasteiger partial charge in [-0.2, -0.15) is 0 Å². The molecule has 0 unspecified atom stereocenters. The molecule has 2 bridgehead atoms. The van der Waals surface area contributed by atoms with Crippen molar-refractivity contribution in [2.45, 2.75) is 77.0 Å². The number of nitrogens with zero attached hydrogens (tertiary/aromatic N) is 1. The second kappa shape index (κ2) is 7.53. The second-order valence-electron chi connectivity index (χ2n) is 8.86. The van der Waals surface area contributed by atoms with Gasteiger partial charge in [-0.05, 0) is 63.6 Å². The van der Waals surface area contributed by atoms with Crippen LogP contribution in [0.5, 0.6) is 5.75 Å². The van der Waals surface area contributed by atoms with Crippen molar-refractivity contribution in [3.05, 3.63) is 29.8 Å². The van der Waals surface area contributed by atoms with Crippen LogP contribution in [0, 0.1) is 5.92 Å². The summed E-state index contributed by atoms with van der Waals surface area (Å²) in [4.78, 5) is 27.6. The normalized spacial score (nSPS) is 25.4. The molecule has 0 saturated carbocycles. The fraction of sp³-hybridized carbons (Fsp3) is 0.636. The number of carbonyl (C=O) groups is 2. The van der Waals surface area contributed by atoms with E-state index in [-0.39, 0.29) is 35.8 Å². The van der Waals surface area contributed by atoms with Crippen LogP contribution in [0.15, 0.2) is 24.3 Å². The van der Waals surface area contributed by atoms with Crippen molar-refractivity contribution in [2.75, 3.05) is 7.11 Å². The van der Waals surface area contributed by atoms with Crippen molar-refractivity contribution in [1.82, 2.24) is 4.90 Å². The number of ether oxygens (including phenoxy) is 2. The number of rotatable bonds is 5. The first-order valence-corrected chi connectivity index (χ1v) is 9.87. The fourth-order valence-electron chi connectivity index (χ4n) is 4.44. The van der Waals surface area contributed by atoms with Gasteiger partial charge >= 0.3 is 5.97 Å². The fourth-order valence-corrected chi connectivity index (χ4v) is 4.44. The Labute approximate surface area is 162 Å². The third-order valence-electron chi connectivity index (χ3n) is 5.68. The van der Waals surface area contributed by atoms with Crippen LogP contribution in [0.3, 0.4) is 0 Å². The maximum absolute atomic E-state index is 13.0. The molecule has 5 nitrogen and oxygen atoms in total. The number of carbonyl (C=O) groups excluding carboxylic acids is 2. The molecule has 5 heteroatoms. The molecule has 1 aromatic rings. The zero-order valence-corrected chi connectivity index (χ0v) is 17.0. The van der Waals surface area contributed by atoms with Crippen LogP contribution in [0.4, 0.5) is 0 Å². The van der Waals surface area contributed by atoms with E-state index in [1.165, 1.54) is 0 Å². The summed E-state index contributed by atoms with van der Waals surface area (Å²) in [7, 11) is 1.65. The molecular formula is C22H31NO4. The molecule has 2 aliphatic rings. The lowest BCUT2D eigenvalue weighted by atomic mass is 9.89. The van der Waals surface area contributed by atoms with Gasteiger partial charge in [0.25, 0.3) is 0 Å². The maximum Gasteiger partial charge on any atom is 0.311 e. The van der Waals surface area contributed by atoms with Crippen LogP contribution in [0.25, 0.3) is 0 Å². The predicted octanol–water partition coefficient (Wildman–Crippen LogP) is 3.91. The standard InChI is InChI=1S/C22H31NO4/c1-14(15-7-6-8-17(12-15)26-5)11-20(24)23-16-9-10-19(23)18(13-16)21(25)27-22(2,3)4/h6-8,12,14,16,18-19H,9-11,13H2,1-5H3/t14-,16+,18-,19+/m1/s1. The van der Waals surface area contributed by atoms with Gasteiger partial charge in [-0.3, -0.25) is 9.59 Å². The second-order valence-corrected chi connectivity index (χ2v) is 8.86. The minimum atomic E-state index is -0.491. The quantitative estimate of drug-likeness (QED) is 0.734. The average Bonchev–Trinajstić information content (AvgIpc) is 3.18. The summed E-state index contributed by atoms with van der Waals surface area (Å²) < 4.78 is 10.9. The molecule has 2 saturated heterocycles. The molecule has 4 atom stereocenters. The minimum absolute atomic E-state index is 0.00476. The minimum Gasteiger partial charge on any atom is -0.497 e. The van der Waals surface area contributed by atoms with Gasteiger partial charge in [0, 0.05) is 18.5 Å². The van der Waals surface area contributed by atoms with Crippen molar-refractivity contribution >= 4 is 11.9 Å². The lowest BCUT2D eigenvalue weighted by Gasteiger charge is -2.27. The van der Waals surface area contributed by atoms with Gasteiger partial charge in [-0.25, -0.2) is 0 Å². The molecule has 2 heterocycles. The van der Waals surface area contributed by atoms with Gasteiger partial charge in [0.15, 0.2) is 0 Å². The summed E-state index contributed by atoms with van der Waals surface area (Å²) in [5, 5.41) is 0. The van der Waals surface area contributed by atoms with Gasteiger partial charge in [-0.1, -0.05) is 19.1 Å². The summed E-state index contributed by atoms with van der Waals surface area (Å²) in [5.41, 5.74) is 0.604. The van der Waals surface area contributed by atoms with Crippen molar-refractivity contribution in [3.63, 3.8) is 0 Å². The predicted molar refractivity (Wildman–Crippen MR) is 104 cm³/mol. The van der Waals surface area contributed by atoms with Crippen LogP contribution >= 0.6 is 0 Å². The molecule has 0 spiro atoms. The highest BCUT2D eigenvalue weighted by atomic mass is 16.6. The van der Waals surface area contributed by atoms with Gasteiger partial charge in [-0.15, -0.1) is 0 Å². The number of hydrogen-bond acceptors (Lipinski definition) is 4.